The Morgan fingerprint density at radius 2 is 1.56 bits per heavy atom. The second-order valence-electron chi connectivity index (χ2n) is 8.49. The molecule has 3 aromatic rings. The molecule has 1 aliphatic rings. The third kappa shape index (κ3) is 6.17. The van der Waals surface area contributed by atoms with Gasteiger partial charge in [0.15, 0.2) is 0 Å². The Hall–Kier alpha value is -3.18. The number of anilines is 2. The molecule has 1 N–H and O–H groups in total. The fourth-order valence-corrected chi connectivity index (χ4v) is 4.13. The van der Waals surface area contributed by atoms with Crippen molar-refractivity contribution in [3.8, 4) is 0 Å². The van der Waals surface area contributed by atoms with Crippen LogP contribution in [0.25, 0.3) is 0 Å². The standard InChI is InChI=1S/C27H32N4O/c1-22-6-8-23(9-7-22)10-11-27(32)29-25-4-2-3-5-26(25)31-20-18-30(19-21-31)17-14-24-12-15-28-16-13-24/h2-9,12-13,15-16H,10-11,14,17-21H2,1H3,(H,29,32). The van der Waals surface area contributed by atoms with Crippen LogP contribution >= 0.6 is 0 Å². The van der Waals surface area contributed by atoms with Gasteiger partial charge in [-0.2, -0.15) is 0 Å². The first-order chi connectivity index (χ1) is 15.7. The molecule has 166 valence electrons. The predicted molar refractivity (Wildman–Crippen MR) is 131 cm³/mol. The van der Waals surface area contributed by atoms with E-state index < -0.39 is 0 Å². The van der Waals surface area contributed by atoms with Crippen molar-refractivity contribution in [2.24, 2.45) is 0 Å². The summed E-state index contributed by atoms with van der Waals surface area (Å²) in [5.41, 5.74) is 5.80. The number of aromatic nitrogens is 1. The molecule has 1 aromatic heterocycles. The van der Waals surface area contributed by atoms with Crippen LogP contribution in [-0.4, -0.2) is 48.5 Å². The maximum absolute atomic E-state index is 12.6. The molecule has 2 aromatic carbocycles. The number of aryl methyl sites for hydroxylation is 2. The van der Waals surface area contributed by atoms with Gasteiger partial charge >= 0.3 is 0 Å². The summed E-state index contributed by atoms with van der Waals surface area (Å²) in [6, 6.07) is 20.7. The van der Waals surface area contributed by atoms with Gasteiger partial charge < -0.3 is 10.2 Å². The van der Waals surface area contributed by atoms with Gasteiger partial charge in [-0.05, 0) is 55.2 Å². The van der Waals surface area contributed by atoms with Gasteiger partial charge in [-0.1, -0.05) is 42.0 Å². The van der Waals surface area contributed by atoms with E-state index >= 15 is 0 Å². The van der Waals surface area contributed by atoms with Gasteiger partial charge in [0.2, 0.25) is 5.91 Å². The van der Waals surface area contributed by atoms with Gasteiger partial charge in [-0.15, -0.1) is 0 Å². The fourth-order valence-electron chi connectivity index (χ4n) is 4.13. The smallest absolute Gasteiger partial charge is 0.224 e. The van der Waals surface area contributed by atoms with Gasteiger partial charge in [-0.25, -0.2) is 0 Å². The largest absolute Gasteiger partial charge is 0.367 e. The Bertz CT molecular complexity index is 996. The van der Waals surface area contributed by atoms with Crippen molar-refractivity contribution in [2.45, 2.75) is 26.2 Å². The van der Waals surface area contributed by atoms with Crippen LogP contribution < -0.4 is 10.2 Å². The number of piperazine rings is 1. The minimum Gasteiger partial charge on any atom is -0.367 e. The van der Waals surface area contributed by atoms with Crippen LogP contribution in [0.4, 0.5) is 11.4 Å². The highest BCUT2D eigenvalue weighted by Crippen LogP contribution is 2.27. The van der Waals surface area contributed by atoms with Crippen molar-refractivity contribution >= 4 is 17.3 Å². The first kappa shape index (κ1) is 22.0. The second-order valence-corrected chi connectivity index (χ2v) is 8.49. The molecule has 0 radical (unpaired) electrons. The highest BCUT2D eigenvalue weighted by atomic mass is 16.1. The Balaban J connectivity index is 1.28. The van der Waals surface area contributed by atoms with Crippen LogP contribution in [0.5, 0.6) is 0 Å². The van der Waals surface area contributed by atoms with Crippen molar-refractivity contribution in [3.63, 3.8) is 0 Å². The Labute approximate surface area is 191 Å². The molecule has 2 heterocycles. The molecule has 0 bridgehead atoms. The van der Waals surface area contributed by atoms with Gasteiger partial charge in [0.05, 0.1) is 11.4 Å². The molecule has 1 aliphatic heterocycles. The molecule has 0 atom stereocenters. The number of amides is 1. The molecule has 1 amide bonds. The molecule has 0 saturated carbocycles. The number of hydrogen-bond donors (Lipinski definition) is 1. The van der Waals surface area contributed by atoms with E-state index in [9.17, 15) is 4.79 Å². The number of hydrogen-bond acceptors (Lipinski definition) is 4. The minimum atomic E-state index is 0.0639. The predicted octanol–water partition coefficient (Wildman–Crippen LogP) is 4.33. The van der Waals surface area contributed by atoms with Crippen molar-refractivity contribution in [1.82, 2.24) is 9.88 Å². The first-order valence-corrected chi connectivity index (χ1v) is 11.5. The van der Waals surface area contributed by atoms with Gasteiger partial charge in [-0.3, -0.25) is 14.7 Å². The third-order valence-electron chi connectivity index (χ3n) is 6.12. The Morgan fingerprint density at radius 3 is 2.31 bits per heavy atom. The highest BCUT2D eigenvalue weighted by Gasteiger charge is 2.19. The van der Waals surface area contributed by atoms with E-state index in [1.165, 1.54) is 16.7 Å². The number of pyridine rings is 1. The van der Waals surface area contributed by atoms with Crippen LogP contribution in [0.2, 0.25) is 0 Å². The van der Waals surface area contributed by atoms with Crippen LogP contribution in [-0.2, 0) is 17.6 Å². The van der Waals surface area contributed by atoms with E-state index in [2.05, 4.69) is 69.5 Å². The summed E-state index contributed by atoms with van der Waals surface area (Å²) in [5.74, 6) is 0.0639. The van der Waals surface area contributed by atoms with Crippen LogP contribution in [0.3, 0.4) is 0 Å². The molecular weight excluding hydrogens is 396 g/mol. The number of carbonyl (C=O) groups excluding carboxylic acids is 1. The zero-order valence-electron chi connectivity index (χ0n) is 18.8. The van der Waals surface area contributed by atoms with Crippen LogP contribution in [0.1, 0.15) is 23.1 Å². The monoisotopic (exact) mass is 428 g/mol. The molecule has 0 unspecified atom stereocenters. The average molecular weight is 429 g/mol. The SMILES string of the molecule is Cc1ccc(CCC(=O)Nc2ccccc2N2CCN(CCc3ccncc3)CC2)cc1. The summed E-state index contributed by atoms with van der Waals surface area (Å²) in [6.07, 6.45) is 6.01. The number of carbonyl (C=O) groups is 1. The van der Waals surface area contributed by atoms with E-state index in [4.69, 9.17) is 0 Å². The zero-order valence-corrected chi connectivity index (χ0v) is 18.8. The van der Waals surface area contributed by atoms with Gasteiger partial charge in [0.25, 0.3) is 0 Å². The normalized spacial score (nSPS) is 14.3. The van der Waals surface area contributed by atoms with Crippen LogP contribution in [0, 0.1) is 6.92 Å². The molecule has 0 aliphatic carbocycles. The summed E-state index contributed by atoms with van der Waals surface area (Å²) < 4.78 is 0. The molecule has 1 saturated heterocycles. The molecule has 5 heteroatoms. The van der Waals surface area contributed by atoms with Crippen molar-refractivity contribution in [3.05, 3.63) is 89.7 Å². The lowest BCUT2D eigenvalue weighted by Gasteiger charge is -2.37. The van der Waals surface area contributed by atoms with E-state index in [-0.39, 0.29) is 5.91 Å². The number of benzene rings is 2. The molecule has 4 rings (SSSR count). The summed E-state index contributed by atoms with van der Waals surface area (Å²) in [6.45, 7) is 7.13. The Kier molecular flexibility index (Phi) is 7.51. The lowest BCUT2D eigenvalue weighted by Crippen LogP contribution is -2.47. The highest BCUT2D eigenvalue weighted by molar-refractivity contribution is 5.94. The Morgan fingerprint density at radius 1 is 0.875 bits per heavy atom. The average Bonchev–Trinajstić information content (AvgIpc) is 2.84. The van der Waals surface area contributed by atoms with Crippen molar-refractivity contribution < 1.29 is 4.79 Å². The van der Waals surface area contributed by atoms with E-state index in [1.54, 1.807) is 0 Å². The summed E-state index contributed by atoms with van der Waals surface area (Å²) in [7, 11) is 0. The molecule has 1 fully saturated rings. The van der Waals surface area contributed by atoms with Crippen molar-refractivity contribution in [1.29, 1.82) is 0 Å². The minimum absolute atomic E-state index is 0.0639. The number of rotatable bonds is 8. The van der Waals surface area contributed by atoms with Gasteiger partial charge in [0.1, 0.15) is 0 Å². The van der Waals surface area contributed by atoms with Crippen molar-refractivity contribution in [2.75, 3.05) is 42.9 Å². The maximum atomic E-state index is 12.6. The fraction of sp³-hybridized carbons (Fsp3) is 0.333. The lowest BCUT2D eigenvalue weighted by atomic mass is 10.1. The first-order valence-electron chi connectivity index (χ1n) is 11.5. The molecule has 32 heavy (non-hydrogen) atoms. The summed E-state index contributed by atoms with van der Waals surface area (Å²) in [4.78, 5) is 21.6. The third-order valence-corrected chi connectivity index (χ3v) is 6.12. The molecule has 5 nitrogen and oxygen atoms in total. The quantitative estimate of drug-likeness (QED) is 0.580. The summed E-state index contributed by atoms with van der Waals surface area (Å²) in [5, 5.41) is 3.15. The topological polar surface area (TPSA) is 48.5 Å². The summed E-state index contributed by atoms with van der Waals surface area (Å²) >= 11 is 0. The number of nitrogens with zero attached hydrogens (tertiary/aromatic N) is 3. The van der Waals surface area contributed by atoms with Crippen LogP contribution in [0.15, 0.2) is 73.1 Å². The van der Waals surface area contributed by atoms with E-state index in [0.29, 0.717) is 6.42 Å². The van der Waals surface area contributed by atoms with E-state index in [1.807, 2.05) is 30.6 Å². The van der Waals surface area contributed by atoms with Gasteiger partial charge in [0, 0.05) is 51.5 Å². The molecule has 0 spiro atoms. The second kappa shape index (κ2) is 10.9. The maximum Gasteiger partial charge on any atom is 0.224 e. The number of nitrogens with one attached hydrogen (secondary N) is 1. The number of para-hydroxylation sites is 2. The molecular formula is C27H32N4O. The zero-order chi connectivity index (χ0) is 22.2. The van der Waals surface area contributed by atoms with E-state index in [0.717, 1.165) is 56.9 Å². The lowest BCUT2D eigenvalue weighted by molar-refractivity contribution is -0.116.